The van der Waals surface area contributed by atoms with Gasteiger partial charge in [-0.2, -0.15) is 0 Å². The second-order valence-electron chi connectivity index (χ2n) is 2.35. The summed E-state index contributed by atoms with van der Waals surface area (Å²) >= 11 is 1.03. The highest BCUT2D eigenvalue weighted by Gasteiger charge is 2.05. The maximum atomic E-state index is 10.9. The number of thiazole rings is 1. The van der Waals surface area contributed by atoms with E-state index in [0.717, 1.165) is 11.3 Å². The summed E-state index contributed by atoms with van der Waals surface area (Å²) in [6.07, 6.45) is 0. The van der Waals surface area contributed by atoms with Gasteiger partial charge in [0.1, 0.15) is 16.3 Å². The number of aryl methyl sites for hydroxylation is 1. The standard InChI is InChI=1S/C6H6N4OS/c1-2-8-4(7)3-5(9-2)10-6(11)12-3/h1H3,(H3,7,8,9,10,11). The Balaban J connectivity index is 2.97. The highest BCUT2D eigenvalue weighted by Crippen LogP contribution is 2.17. The molecule has 0 spiro atoms. The molecule has 62 valence electrons. The number of aromatic nitrogens is 3. The molecule has 6 heteroatoms. The number of nitrogens with two attached hydrogens (primary N) is 1. The summed E-state index contributed by atoms with van der Waals surface area (Å²) in [6.45, 7) is 1.73. The van der Waals surface area contributed by atoms with Crippen LogP contribution >= 0.6 is 11.3 Å². The van der Waals surface area contributed by atoms with Crippen LogP contribution in [0.25, 0.3) is 10.3 Å². The van der Waals surface area contributed by atoms with Crippen molar-refractivity contribution in [1.29, 1.82) is 0 Å². The second-order valence-corrected chi connectivity index (χ2v) is 3.33. The van der Waals surface area contributed by atoms with Crippen LogP contribution in [0, 0.1) is 6.92 Å². The summed E-state index contributed by atoms with van der Waals surface area (Å²) in [4.78, 5) is 21.3. The largest absolute Gasteiger partial charge is 0.382 e. The van der Waals surface area contributed by atoms with E-state index in [1.807, 2.05) is 0 Å². The monoisotopic (exact) mass is 182 g/mol. The molecule has 0 aromatic carbocycles. The lowest BCUT2D eigenvalue weighted by Crippen LogP contribution is -1.96. The van der Waals surface area contributed by atoms with Crippen LogP contribution in [-0.4, -0.2) is 15.0 Å². The normalized spacial score (nSPS) is 10.8. The van der Waals surface area contributed by atoms with Crippen LogP contribution in [-0.2, 0) is 0 Å². The lowest BCUT2D eigenvalue weighted by Gasteiger charge is -1.94. The summed E-state index contributed by atoms with van der Waals surface area (Å²) in [6, 6.07) is 0. The third-order valence-corrected chi connectivity index (χ3v) is 2.31. The van der Waals surface area contributed by atoms with Crippen LogP contribution in [0.5, 0.6) is 0 Å². The maximum absolute atomic E-state index is 10.9. The molecule has 2 heterocycles. The van der Waals surface area contributed by atoms with Gasteiger partial charge in [-0.1, -0.05) is 11.3 Å². The minimum atomic E-state index is -0.156. The minimum Gasteiger partial charge on any atom is -0.382 e. The summed E-state index contributed by atoms with van der Waals surface area (Å²) in [5.41, 5.74) is 6.09. The molecule has 0 atom stereocenters. The van der Waals surface area contributed by atoms with Gasteiger partial charge in [0.15, 0.2) is 5.65 Å². The van der Waals surface area contributed by atoms with E-state index in [2.05, 4.69) is 15.0 Å². The van der Waals surface area contributed by atoms with Crippen molar-refractivity contribution in [1.82, 2.24) is 15.0 Å². The number of aromatic amines is 1. The molecule has 0 bridgehead atoms. The summed E-state index contributed by atoms with van der Waals surface area (Å²) in [7, 11) is 0. The first-order valence-electron chi connectivity index (χ1n) is 3.30. The lowest BCUT2D eigenvalue weighted by atomic mass is 10.5. The maximum Gasteiger partial charge on any atom is 0.306 e. The average Bonchev–Trinajstić information content (AvgIpc) is 2.29. The molecule has 3 N–H and O–H groups in total. The van der Waals surface area contributed by atoms with Gasteiger partial charge in [0.25, 0.3) is 0 Å². The Morgan fingerprint density at radius 2 is 2.25 bits per heavy atom. The summed E-state index contributed by atoms with van der Waals surface area (Å²) < 4.78 is 0.630. The molecule has 0 radical (unpaired) electrons. The smallest absolute Gasteiger partial charge is 0.306 e. The van der Waals surface area contributed by atoms with Gasteiger partial charge in [0.2, 0.25) is 0 Å². The highest BCUT2D eigenvalue weighted by atomic mass is 32.1. The number of rotatable bonds is 0. The van der Waals surface area contributed by atoms with E-state index in [0.29, 0.717) is 22.0 Å². The number of nitrogens with one attached hydrogen (secondary N) is 1. The first-order chi connectivity index (χ1) is 5.66. The first kappa shape index (κ1) is 7.23. The molecule has 0 aliphatic carbocycles. The molecular weight excluding hydrogens is 176 g/mol. The van der Waals surface area contributed by atoms with Crippen LogP contribution in [0.3, 0.4) is 0 Å². The van der Waals surface area contributed by atoms with E-state index < -0.39 is 0 Å². The number of fused-ring (bicyclic) bond motifs is 1. The van der Waals surface area contributed by atoms with E-state index in [-0.39, 0.29) is 4.87 Å². The number of anilines is 1. The zero-order valence-corrected chi connectivity index (χ0v) is 7.10. The first-order valence-corrected chi connectivity index (χ1v) is 4.11. The van der Waals surface area contributed by atoms with Crippen molar-refractivity contribution in [2.45, 2.75) is 6.92 Å². The molecule has 0 saturated heterocycles. The zero-order valence-electron chi connectivity index (χ0n) is 6.29. The molecule has 2 aromatic heterocycles. The molecular formula is C6H6N4OS. The minimum absolute atomic E-state index is 0.156. The van der Waals surface area contributed by atoms with Crippen LogP contribution in [0.1, 0.15) is 5.82 Å². The Kier molecular flexibility index (Phi) is 1.37. The van der Waals surface area contributed by atoms with Crippen molar-refractivity contribution in [3.8, 4) is 0 Å². The molecule has 0 aliphatic heterocycles. The molecule has 0 unspecified atom stereocenters. The third-order valence-electron chi connectivity index (χ3n) is 1.42. The third kappa shape index (κ3) is 0.964. The predicted molar refractivity (Wildman–Crippen MR) is 47.2 cm³/mol. The van der Waals surface area contributed by atoms with Gasteiger partial charge in [0, 0.05) is 0 Å². The Morgan fingerprint density at radius 1 is 1.50 bits per heavy atom. The van der Waals surface area contributed by atoms with Crippen molar-refractivity contribution in [2.75, 3.05) is 5.73 Å². The predicted octanol–water partition coefficient (Wildman–Crippen LogP) is 0.270. The van der Waals surface area contributed by atoms with Gasteiger partial charge in [-0.25, -0.2) is 9.97 Å². The zero-order chi connectivity index (χ0) is 8.72. The van der Waals surface area contributed by atoms with E-state index in [1.54, 1.807) is 6.92 Å². The van der Waals surface area contributed by atoms with E-state index in [1.165, 1.54) is 0 Å². The Bertz CT molecular complexity index is 486. The lowest BCUT2D eigenvalue weighted by molar-refractivity contribution is 1.08. The summed E-state index contributed by atoms with van der Waals surface area (Å²) in [5.74, 6) is 0.926. The van der Waals surface area contributed by atoms with Crippen LogP contribution in [0.2, 0.25) is 0 Å². The van der Waals surface area contributed by atoms with Crippen LogP contribution in [0.4, 0.5) is 5.82 Å². The molecule has 2 aromatic rings. The van der Waals surface area contributed by atoms with Crippen molar-refractivity contribution >= 4 is 27.5 Å². The van der Waals surface area contributed by atoms with Crippen LogP contribution < -0.4 is 10.6 Å². The van der Waals surface area contributed by atoms with E-state index in [9.17, 15) is 4.79 Å². The van der Waals surface area contributed by atoms with Gasteiger partial charge in [0.05, 0.1) is 0 Å². The summed E-state index contributed by atoms with van der Waals surface area (Å²) in [5, 5.41) is 0. The number of nitrogens with zero attached hydrogens (tertiary/aromatic N) is 2. The molecule has 5 nitrogen and oxygen atoms in total. The van der Waals surface area contributed by atoms with E-state index in [4.69, 9.17) is 5.73 Å². The van der Waals surface area contributed by atoms with Crippen molar-refractivity contribution in [3.63, 3.8) is 0 Å². The van der Waals surface area contributed by atoms with Crippen molar-refractivity contribution < 1.29 is 0 Å². The van der Waals surface area contributed by atoms with Crippen molar-refractivity contribution in [3.05, 3.63) is 15.5 Å². The van der Waals surface area contributed by atoms with Gasteiger partial charge >= 0.3 is 4.87 Å². The van der Waals surface area contributed by atoms with Gasteiger partial charge in [-0.15, -0.1) is 0 Å². The van der Waals surface area contributed by atoms with Crippen molar-refractivity contribution in [2.24, 2.45) is 0 Å². The SMILES string of the molecule is Cc1nc(N)c2sc(=O)[nH]c2n1. The van der Waals surface area contributed by atoms with Gasteiger partial charge in [-0.05, 0) is 6.92 Å². The molecule has 0 amide bonds. The molecule has 12 heavy (non-hydrogen) atoms. The number of hydrogen-bond donors (Lipinski definition) is 2. The molecule has 0 saturated carbocycles. The topological polar surface area (TPSA) is 84.7 Å². The fourth-order valence-corrected chi connectivity index (χ4v) is 1.66. The molecule has 0 aliphatic rings. The number of nitrogen functional groups attached to an aromatic ring is 1. The highest BCUT2D eigenvalue weighted by molar-refractivity contribution is 7.16. The fourth-order valence-electron chi connectivity index (χ4n) is 0.984. The number of H-pyrrole nitrogens is 1. The molecule has 0 fully saturated rings. The average molecular weight is 182 g/mol. The quantitative estimate of drug-likeness (QED) is 0.612. The van der Waals surface area contributed by atoms with E-state index >= 15 is 0 Å². The Hall–Kier alpha value is -1.43. The number of hydrogen-bond acceptors (Lipinski definition) is 5. The van der Waals surface area contributed by atoms with Gasteiger partial charge < -0.3 is 5.73 Å². The second kappa shape index (κ2) is 2.28. The van der Waals surface area contributed by atoms with Gasteiger partial charge in [-0.3, -0.25) is 9.78 Å². The van der Waals surface area contributed by atoms with Crippen LogP contribution in [0.15, 0.2) is 4.79 Å². The molecule has 2 rings (SSSR count). The Morgan fingerprint density at radius 3 is 3.00 bits per heavy atom. The fraction of sp³-hybridized carbons (Fsp3) is 0.167. The Labute approximate surface area is 71.3 Å².